The van der Waals surface area contributed by atoms with Gasteiger partial charge in [-0.15, -0.1) is 0 Å². The van der Waals surface area contributed by atoms with Crippen molar-refractivity contribution in [3.05, 3.63) is 83.9 Å². The molecule has 0 saturated heterocycles. The number of nitrogens with two attached hydrogens (primary N) is 1. The zero-order valence-corrected chi connectivity index (χ0v) is 18.0. The summed E-state index contributed by atoms with van der Waals surface area (Å²) in [4.78, 5) is 25.7. The molecule has 158 valence electrons. The molecule has 7 nitrogen and oxygen atoms in total. The van der Waals surface area contributed by atoms with E-state index in [0.717, 1.165) is 29.0 Å². The van der Waals surface area contributed by atoms with Crippen LogP contribution in [0, 0.1) is 0 Å². The van der Waals surface area contributed by atoms with Gasteiger partial charge in [0.05, 0.1) is 17.4 Å². The number of benzene rings is 1. The zero-order chi connectivity index (χ0) is 21.7. The SMILES string of the molecule is CC1(c2cccc(NC(=O)c3ccc(NCc4cccnc4)cn3)c2)CCSC(N)=N1. The summed E-state index contributed by atoms with van der Waals surface area (Å²) in [5, 5.41) is 6.80. The zero-order valence-electron chi connectivity index (χ0n) is 17.2. The number of amidine groups is 1. The molecule has 4 N–H and O–H groups in total. The Morgan fingerprint density at radius 3 is 2.81 bits per heavy atom. The molecule has 3 aromatic rings. The van der Waals surface area contributed by atoms with Crippen molar-refractivity contribution in [2.45, 2.75) is 25.4 Å². The lowest BCUT2D eigenvalue weighted by Gasteiger charge is -2.30. The summed E-state index contributed by atoms with van der Waals surface area (Å²) in [7, 11) is 0. The van der Waals surface area contributed by atoms with Gasteiger partial charge in [0.15, 0.2) is 5.17 Å². The number of hydrogen-bond donors (Lipinski definition) is 3. The third kappa shape index (κ3) is 5.21. The summed E-state index contributed by atoms with van der Waals surface area (Å²) in [5.41, 5.74) is 9.54. The number of rotatable bonds is 6. The Labute approximate surface area is 185 Å². The van der Waals surface area contributed by atoms with Crippen molar-refractivity contribution in [1.82, 2.24) is 9.97 Å². The highest BCUT2D eigenvalue weighted by molar-refractivity contribution is 8.13. The van der Waals surface area contributed by atoms with Crippen LogP contribution in [-0.2, 0) is 12.1 Å². The number of anilines is 2. The molecule has 1 unspecified atom stereocenters. The van der Waals surface area contributed by atoms with Gasteiger partial charge < -0.3 is 16.4 Å². The number of carbonyl (C=O) groups excluding carboxylic acids is 1. The van der Waals surface area contributed by atoms with Crippen LogP contribution < -0.4 is 16.4 Å². The van der Waals surface area contributed by atoms with Crippen molar-refractivity contribution in [1.29, 1.82) is 0 Å². The Kier molecular flexibility index (Phi) is 6.18. The predicted molar refractivity (Wildman–Crippen MR) is 126 cm³/mol. The first kappa shape index (κ1) is 20.9. The number of hydrogen-bond acceptors (Lipinski definition) is 7. The van der Waals surface area contributed by atoms with Crippen LogP contribution in [-0.4, -0.2) is 26.8 Å². The highest BCUT2D eigenvalue weighted by Crippen LogP contribution is 2.35. The maximum absolute atomic E-state index is 12.7. The van der Waals surface area contributed by atoms with Gasteiger partial charge in [-0.3, -0.25) is 14.8 Å². The normalized spacial score (nSPS) is 18.2. The number of nitrogens with zero attached hydrogens (tertiary/aromatic N) is 3. The monoisotopic (exact) mass is 432 g/mol. The molecule has 1 aromatic carbocycles. The van der Waals surface area contributed by atoms with Gasteiger partial charge in [0, 0.05) is 30.4 Å². The predicted octanol–water partition coefficient (Wildman–Crippen LogP) is 4.01. The third-order valence-electron chi connectivity index (χ3n) is 5.15. The lowest BCUT2D eigenvalue weighted by atomic mass is 9.89. The van der Waals surface area contributed by atoms with Crippen molar-refractivity contribution >= 4 is 34.2 Å². The molecule has 2 aromatic heterocycles. The van der Waals surface area contributed by atoms with Gasteiger partial charge in [-0.1, -0.05) is 30.0 Å². The van der Waals surface area contributed by atoms with E-state index >= 15 is 0 Å². The Balaban J connectivity index is 1.41. The van der Waals surface area contributed by atoms with E-state index in [4.69, 9.17) is 5.73 Å². The van der Waals surface area contributed by atoms with E-state index in [9.17, 15) is 4.79 Å². The molecule has 0 fully saturated rings. The van der Waals surface area contributed by atoms with Gasteiger partial charge in [0.2, 0.25) is 0 Å². The summed E-state index contributed by atoms with van der Waals surface area (Å²) in [6, 6.07) is 15.2. The molecule has 0 spiro atoms. The van der Waals surface area contributed by atoms with Crippen molar-refractivity contribution in [2.75, 3.05) is 16.4 Å². The van der Waals surface area contributed by atoms with Gasteiger partial charge in [0.25, 0.3) is 5.91 Å². The molecule has 1 aliphatic rings. The van der Waals surface area contributed by atoms with Crippen LogP contribution in [0.5, 0.6) is 0 Å². The van der Waals surface area contributed by atoms with Gasteiger partial charge in [-0.05, 0) is 54.8 Å². The first-order valence-corrected chi connectivity index (χ1v) is 11.0. The molecular weight excluding hydrogens is 408 g/mol. The van der Waals surface area contributed by atoms with Crippen LogP contribution in [0.4, 0.5) is 11.4 Å². The van der Waals surface area contributed by atoms with Crippen molar-refractivity contribution in [3.8, 4) is 0 Å². The minimum atomic E-state index is -0.379. The van der Waals surface area contributed by atoms with Gasteiger partial charge in [-0.25, -0.2) is 4.98 Å². The third-order valence-corrected chi connectivity index (χ3v) is 5.95. The van der Waals surface area contributed by atoms with E-state index in [1.165, 1.54) is 0 Å². The Hall–Kier alpha value is -3.39. The molecule has 1 atom stereocenters. The van der Waals surface area contributed by atoms with Gasteiger partial charge >= 0.3 is 0 Å². The summed E-state index contributed by atoms with van der Waals surface area (Å²) in [5.74, 6) is 0.663. The molecule has 0 aliphatic carbocycles. The number of aromatic nitrogens is 2. The second-order valence-corrected chi connectivity index (χ2v) is 8.62. The standard InChI is InChI=1S/C23H24N6OS/c1-23(9-11-31-22(24)29-23)17-5-2-6-18(12-17)28-21(30)20-8-7-19(15-27-20)26-14-16-4-3-10-25-13-16/h2-8,10,12-13,15,26H,9,11,14H2,1H3,(H2,24,29)(H,28,30). The van der Waals surface area contributed by atoms with Crippen LogP contribution in [0.3, 0.4) is 0 Å². The van der Waals surface area contributed by atoms with Crippen molar-refractivity contribution in [2.24, 2.45) is 10.7 Å². The van der Waals surface area contributed by atoms with Crippen molar-refractivity contribution < 1.29 is 4.79 Å². The van der Waals surface area contributed by atoms with Crippen molar-refractivity contribution in [3.63, 3.8) is 0 Å². The van der Waals surface area contributed by atoms with Gasteiger partial charge in [0.1, 0.15) is 5.69 Å². The van der Waals surface area contributed by atoms with Crippen LogP contribution in [0.15, 0.2) is 72.1 Å². The molecule has 31 heavy (non-hydrogen) atoms. The molecule has 3 heterocycles. The number of thioether (sulfide) groups is 1. The summed E-state index contributed by atoms with van der Waals surface area (Å²) in [6.07, 6.45) is 6.10. The van der Waals surface area contributed by atoms with Crippen LogP contribution in [0.2, 0.25) is 0 Å². The lowest BCUT2D eigenvalue weighted by Crippen LogP contribution is -2.28. The fraction of sp³-hybridized carbons (Fsp3) is 0.217. The molecule has 1 aliphatic heterocycles. The molecule has 4 rings (SSSR count). The number of pyridine rings is 2. The lowest BCUT2D eigenvalue weighted by molar-refractivity contribution is 0.102. The van der Waals surface area contributed by atoms with Crippen LogP contribution in [0.1, 0.15) is 35.0 Å². The molecule has 0 radical (unpaired) electrons. The molecule has 8 heteroatoms. The van der Waals surface area contributed by atoms with Crippen LogP contribution >= 0.6 is 11.8 Å². The number of nitrogens with one attached hydrogen (secondary N) is 2. The number of carbonyl (C=O) groups is 1. The molecule has 0 bridgehead atoms. The Bertz CT molecular complexity index is 1090. The second kappa shape index (κ2) is 9.18. The summed E-state index contributed by atoms with van der Waals surface area (Å²) < 4.78 is 0. The Morgan fingerprint density at radius 1 is 1.16 bits per heavy atom. The fourth-order valence-electron chi connectivity index (χ4n) is 3.36. The summed E-state index contributed by atoms with van der Waals surface area (Å²) >= 11 is 1.57. The smallest absolute Gasteiger partial charge is 0.274 e. The summed E-state index contributed by atoms with van der Waals surface area (Å²) in [6.45, 7) is 2.71. The van der Waals surface area contributed by atoms with E-state index in [0.29, 0.717) is 23.1 Å². The largest absolute Gasteiger partial charge is 0.380 e. The van der Waals surface area contributed by atoms with E-state index in [1.54, 1.807) is 30.2 Å². The second-order valence-electron chi connectivity index (χ2n) is 7.50. The maximum Gasteiger partial charge on any atom is 0.274 e. The van der Waals surface area contributed by atoms with Gasteiger partial charge in [-0.2, -0.15) is 0 Å². The minimum Gasteiger partial charge on any atom is -0.380 e. The van der Waals surface area contributed by atoms with E-state index in [1.807, 2.05) is 48.7 Å². The van der Waals surface area contributed by atoms with E-state index in [2.05, 4.69) is 32.5 Å². The first-order valence-electron chi connectivity index (χ1n) is 10.0. The molecule has 0 saturated carbocycles. The Morgan fingerprint density at radius 2 is 2.06 bits per heavy atom. The van der Waals surface area contributed by atoms with E-state index in [-0.39, 0.29) is 11.4 Å². The van der Waals surface area contributed by atoms with E-state index < -0.39 is 0 Å². The number of aliphatic imine (C=N–C) groups is 1. The fourth-order valence-corrected chi connectivity index (χ4v) is 4.34. The molecular formula is C23H24N6OS. The highest BCUT2D eigenvalue weighted by Gasteiger charge is 2.29. The quantitative estimate of drug-likeness (QED) is 0.544. The minimum absolute atomic E-state index is 0.261. The highest BCUT2D eigenvalue weighted by atomic mass is 32.2. The average molecular weight is 433 g/mol. The number of amides is 1. The molecule has 1 amide bonds. The van der Waals surface area contributed by atoms with Crippen LogP contribution in [0.25, 0.3) is 0 Å². The first-order chi connectivity index (χ1) is 15.0. The average Bonchev–Trinajstić information content (AvgIpc) is 2.79. The topological polar surface area (TPSA) is 105 Å². The maximum atomic E-state index is 12.7.